The molecule has 1 amide bonds. The van der Waals surface area contributed by atoms with Crippen molar-refractivity contribution in [2.75, 3.05) is 44.7 Å². The smallest absolute Gasteiger partial charge is 0.273 e. The molecule has 0 aliphatic heterocycles. The van der Waals surface area contributed by atoms with Crippen molar-refractivity contribution >= 4 is 45.1 Å². The van der Waals surface area contributed by atoms with Crippen LogP contribution in [0.15, 0.2) is 16.6 Å². The molecule has 1 aromatic heterocycles. The molecular formula is C18H25BrClN7O2. The molecular weight excluding hydrogens is 462 g/mol. The number of anilines is 2. The molecule has 1 heterocycles. The highest BCUT2D eigenvalue weighted by atomic mass is 79.9. The summed E-state index contributed by atoms with van der Waals surface area (Å²) in [6.07, 6.45) is 0. The highest BCUT2D eigenvalue weighted by molar-refractivity contribution is 9.10. The molecule has 1 aromatic carbocycles. The Bertz CT molecular complexity index is 882. The molecule has 0 fully saturated rings. The Morgan fingerprint density at radius 2 is 1.93 bits per heavy atom. The lowest BCUT2D eigenvalue weighted by Gasteiger charge is -2.17. The maximum absolute atomic E-state index is 12.2. The van der Waals surface area contributed by atoms with Gasteiger partial charge < -0.3 is 32.1 Å². The molecule has 0 saturated carbocycles. The van der Waals surface area contributed by atoms with E-state index < -0.39 is 5.91 Å². The molecule has 7 N–H and O–H groups in total. The number of hydrogen-bond acceptors (Lipinski definition) is 8. The van der Waals surface area contributed by atoms with Gasteiger partial charge in [-0.3, -0.25) is 4.79 Å². The number of aromatic hydroxyl groups is 1. The molecule has 0 spiro atoms. The van der Waals surface area contributed by atoms with Crippen molar-refractivity contribution in [2.24, 2.45) is 0 Å². The van der Waals surface area contributed by atoms with Gasteiger partial charge >= 0.3 is 0 Å². The maximum Gasteiger partial charge on any atom is 0.273 e. The number of phenols is 1. The molecule has 0 radical (unpaired) electrons. The summed E-state index contributed by atoms with van der Waals surface area (Å²) in [5, 5.41) is 16.1. The van der Waals surface area contributed by atoms with Gasteiger partial charge in [-0.1, -0.05) is 17.7 Å². The van der Waals surface area contributed by atoms with E-state index in [9.17, 15) is 9.90 Å². The SMILES string of the molecule is Cc1cc(Br)c(O)c(CNCCN(C)CCNC(=O)c2nc(Cl)c(N)nc2N)c1. The number of hydrogen-bond donors (Lipinski definition) is 5. The largest absolute Gasteiger partial charge is 0.506 e. The van der Waals surface area contributed by atoms with Crippen LogP contribution in [-0.2, 0) is 6.54 Å². The Kier molecular flexibility index (Phi) is 8.45. The Balaban J connectivity index is 1.71. The quantitative estimate of drug-likeness (QED) is 0.336. The summed E-state index contributed by atoms with van der Waals surface area (Å²) in [7, 11) is 1.95. The van der Waals surface area contributed by atoms with Crippen molar-refractivity contribution in [1.29, 1.82) is 0 Å². The van der Waals surface area contributed by atoms with Crippen LogP contribution in [0.4, 0.5) is 11.6 Å². The summed E-state index contributed by atoms with van der Waals surface area (Å²) in [4.78, 5) is 21.9. The molecule has 0 saturated heterocycles. The molecule has 0 aliphatic carbocycles. The van der Waals surface area contributed by atoms with Crippen molar-refractivity contribution in [2.45, 2.75) is 13.5 Å². The minimum absolute atomic E-state index is 0.0145. The fourth-order valence-corrected chi connectivity index (χ4v) is 3.34. The maximum atomic E-state index is 12.2. The third-order valence-corrected chi connectivity index (χ3v) is 5.05. The van der Waals surface area contributed by atoms with Crippen LogP contribution >= 0.6 is 27.5 Å². The highest BCUT2D eigenvalue weighted by Gasteiger charge is 2.15. The van der Waals surface area contributed by atoms with E-state index in [0.29, 0.717) is 24.1 Å². The number of aromatic nitrogens is 2. The van der Waals surface area contributed by atoms with E-state index in [1.165, 1.54) is 0 Å². The third-order valence-electron chi connectivity index (χ3n) is 4.17. The summed E-state index contributed by atoms with van der Waals surface area (Å²) in [5.41, 5.74) is 13.0. The van der Waals surface area contributed by atoms with E-state index in [1.807, 2.05) is 26.1 Å². The van der Waals surface area contributed by atoms with Crippen molar-refractivity contribution in [1.82, 2.24) is 25.5 Å². The first-order valence-corrected chi connectivity index (χ1v) is 10.1. The predicted octanol–water partition coefficient (Wildman–Crippen LogP) is 1.52. The van der Waals surface area contributed by atoms with Crippen molar-refractivity contribution in [3.8, 4) is 5.75 Å². The number of rotatable bonds is 9. The molecule has 9 nitrogen and oxygen atoms in total. The van der Waals surface area contributed by atoms with Gasteiger partial charge in [0.2, 0.25) is 0 Å². The first kappa shape index (κ1) is 23.1. The normalized spacial score (nSPS) is 11.1. The Labute approximate surface area is 183 Å². The zero-order valence-electron chi connectivity index (χ0n) is 16.3. The van der Waals surface area contributed by atoms with Crippen LogP contribution in [0.2, 0.25) is 5.15 Å². The van der Waals surface area contributed by atoms with Crippen molar-refractivity contribution in [3.05, 3.63) is 38.6 Å². The lowest BCUT2D eigenvalue weighted by Crippen LogP contribution is -2.36. The van der Waals surface area contributed by atoms with E-state index in [4.69, 9.17) is 23.1 Å². The summed E-state index contributed by atoms with van der Waals surface area (Å²) >= 11 is 9.14. The first-order valence-electron chi connectivity index (χ1n) is 8.93. The van der Waals surface area contributed by atoms with Gasteiger partial charge in [-0.2, -0.15) is 0 Å². The van der Waals surface area contributed by atoms with Gasteiger partial charge in [0.05, 0.1) is 4.47 Å². The standard InChI is InChI=1S/C18H25BrClN7O2/c1-10-7-11(14(28)12(19)8-10)9-23-3-5-27(2)6-4-24-18(29)13-16(21)26-17(22)15(20)25-13/h7-8,23,28H,3-6,9H2,1-2H3,(H,24,29)(H4,21,22,26). The summed E-state index contributed by atoms with van der Waals surface area (Å²) in [6.45, 7) is 5.06. The Morgan fingerprint density at radius 3 is 2.66 bits per heavy atom. The van der Waals surface area contributed by atoms with E-state index in [-0.39, 0.29) is 28.2 Å². The molecule has 29 heavy (non-hydrogen) atoms. The second-order valence-corrected chi connectivity index (χ2v) is 7.84. The topological polar surface area (TPSA) is 142 Å². The number of carbonyl (C=O) groups is 1. The van der Waals surface area contributed by atoms with Gasteiger partial charge in [-0.25, -0.2) is 9.97 Å². The summed E-state index contributed by atoms with van der Waals surface area (Å²) in [6, 6.07) is 3.82. The lowest BCUT2D eigenvalue weighted by atomic mass is 10.1. The average molecular weight is 487 g/mol. The minimum atomic E-state index is -0.455. The number of nitrogens with one attached hydrogen (secondary N) is 2. The van der Waals surface area contributed by atoms with Crippen LogP contribution in [0.5, 0.6) is 5.75 Å². The average Bonchev–Trinajstić information content (AvgIpc) is 2.65. The number of likely N-dealkylation sites (N-methyl/N-ethyl adjacent to an activating group) is 1. The number of phenolic OH excluding ortho intramolecular Hbond substituents is 1. The molecule has 158 valence electrons. The summed E-state index contributed by atoms with van der Waals surface area (Å²) < 4.78 is 0.690. The molecule has 0 atom stereocenters. The fourth-order valence-electron chi connectivity index (χ4n) is 2.60. The fraction of sp³-hybridized carbons (Fsp3) is 0.389. The second-order valence-electron chi connectivity index (χ2n) is 6.62. The molecule has 0 bridgehead atoms. The van der Waals surface area contributed by atoms with Gasteiger partial charge in [-0.15, -0.1) is 0 Å². The second kappa shape index (κ2) is 10.6. The van der Waals surface area contributed by atoms with Crippen molar-refractivity contribution < 1.29 is 9.90 Å². The number of benzene rings is 1. The van der Waals surface area contributed by atoms with Crippen LogP contribution in [0.1, 0.15) is 21.6 Å². The molecule has 2 rings (SSSR count). The van der Waals surface area contributed by atoms with E-state index >= 15 is 0 Å². The first-order chi connectivity index (χ1) is 13.7. The van der Waals surface area contributed by atoms with Crippen LogP contribution in [-0.4, -0.2) is 59.1 Å². The summed E-state index contributed by atoms with van der Waals surface area (Å²) in [5.74, 6) is -0.277. The molecule has 0 aliphatic rings. The predicted molar refractivity (Wildman–Crippen MR) is 118 cm³/mol. The van der Waals surface area contributed by atoms with Crippen LogP contribution in [0.25, 0.3) is 0 Å². The minimum Gasteiger partial charge on any atom is -0.506 e. The van der Waals surface area contributed by atoms with E-state index in [1.54, 1.807) is 0 Å². The van der Waals surface area contributed by atoms with Gasteiger partial charge in [0.1, 0.15) is 5.75 Å². The number of nitrogens with zero attached hydrogens (tertiary/aromatic N) is 3. The molecule has 0 unspecified atom stereocenters. The Hall–Kier alpha value is -2.14. The molecule has 11 heteroatoms. The lowest BCUT2D eigenvalue weighted by molar-refractivity contribution is 0.0945. The number of nitrogens with two attached hydrogens (primary N) is 2. The zero-order chi connectivity index (χ0) is 21.6. The molecule has 2 aromatic rings. The Morgan fingerprint density at radius 1 is 1.24 bits per heavy atom. The number of halogens is 2. The highest BCUT2D eigenvalue weighted by Crippen LogP contribution is 2.29. The number of aryl methyl sites for hydroxylation is 1. The monoisotopic (exact) mass is 485 g/mol. The van der Waals surface area contributed by atoms with Crippen LogP contribution in [0.3, 0.4) is 0 Å². The third kappa shape index (κ3) is 6.70. The van der Waals surface area contributed by atoms with Crippen molar-refractivity contribution in [3.63, 3.8) is 0 Å². The number of carbonyl (C=O) groups excluding carboxylic acids is 1. The number of nitrogen functional groups attached to an aromatic ring is 2. The van der Waals surface area contributed by atoms with Gasteiger partial charge in [-0.05, 0) is 41.5 Å². The van der Waals surface area contributed by atoms with Crippen LogP contribution in [0, 0.1) is 6.92 Å². The van der Waals surface area contributed by atoms with Crippen LogP contribution < -0.4 is 22.1 Å². The zero-order valence-corrected chi connectivity index (χ0v) is 18.6. The van der Waals surface area contributed by atoms with Gasteiger partial charge in [0.15, 0.2) is 22.5 Å². The van der Waals surface area contributed by atoms with E-state index in [0.717, 1.165) is 24.2 Å². The van der Waals surface area contributed by atoms with E-state index in [2.05, 4.69) is 41.4 Å². The van der Waals surface area contributed by atoms with Gasteiger partial charge in [0.25, 0.3) is 5.91 Å². The number of amides is 1. The van der Waals surface area contributed by atoms with Gasteiger partial charge in [0, 0.05) is 38.3 Å².